The van der Waals surface area contributed by atoms with E-state index in [1.54, 1.807) is 30.3 Å². The molecule has 6 nitrogen and oxygen atoms in total. The largest absolute Gasteiger partial charge is 0.463 e. The van der Waals surface area contributed by atoms with E-state index in [4.69, 9.17) is 27.6 Å². The van der Waals surface area contributed by atoms with Gasteiger partial charge in [-0.3, -0.25) is 9.59 Å². The van der Waals surface area contributed by atoms with Crippen molar-refractivity contribution >= 4 is 29.1 Å². The van der Waals surface area contributed by atoms with Gasteiger partial charge in [-0.25, -0.2) is 4.68 Å². The highest BCUT2D eigenvalue weighted by Gasteiger charge is 2.09. The van der Waals surface area contributed by atoms with E-state index in [1.165, 1.54) is 23.1 Å². The maximum absolute atomic E-state index is 12.1. The Morgan fingerprint density at radius 1 is 1.16 bits per heavy atom. The SMILES string of the molecule is O=C(NCCn1nc(-c2ccco2)ccc1=O)c1ccc(Cl)c(Cl)c1. The van der Waals surface area contributed by atoms with Gasteiger partial charge in [-0.1, -0.05) is 23.2 Å². The van der Waals surface area contributed by atoms with Crippen molar-refractivity contribution < 1.29 is 9.21 Å². The van der Waals surface area contributed by atoms with Crippen molar-refractivity contribution in [3.05, 3.63) is 74.7 Å². The summed E-state index contributed by atoms with van der Waals surface area (Å²) >= 11 is 11.7. The number of rotatable bonds is 5. The normalized spacial score (nSPS) is 10.6. The summed E-state index contributed by atoms with van der Waals surface area (Å²) < 4.78 is 6.54. The van der Waals surface area contributed by atoms with Crippen LogP contribution in [0.1, 0.15) is 10.4 Å². The Morgan fingerprint density at radius 3 is 2.72 bits per heavy atom. The van der Waals surface area contributed by atoms with Gasteiger partial charge in [-0.2, -0.15) is 5.10 Å². The van der Waals surface area contributed by atoms with Gasteiger partial charge in [0.15, 0.2) is 5.76 Å². The summed E-state index contributed by atoms with van der Waals surface area (Å²) in [5.41, 5.74) is 0.665. The molecule has 1 amide bonds. The first kappa shape index (κ1) is 17.3. The van der Waals surface area contributed by atoms with Gasteiger partial charge in [0.25, 0.3) is 11.5 Å². The fraction of sp³-hybridized carbons (Fsp3) is 0.118. The third-order valence-electron chi connectivity index (χ3n) is 3.43. The van der Waals surface area contributed by atoms with Crippen molar-refractivity contribution in [3.8, 4) is 11.5 Å². The van der Waals surface area contributed by atoms with Crippen LogP contribution in [0, 0.1) is 0 Å². The van der Waals surface area contributed by atoms with E-state index in [9.17, 15) is 9.59 Å². The molecule has 0 aliphatic carbocycles. The average Bonchev–Trinajstić information content (AvgIpc) is 3.13. The van der Waals surface area contributed by atoms with E-state index in [0.717, 1.165) is 0 Å². The maximum Gasteiger partial charge on any atom is 0.266 e. The molecule has 0 aliphatic rings. The summed E-state index contributed by atoms with van der Waals surface area (Å²) in [6.07, 6.45) is 1.53. The summed E-state index contributed by atoms with van der Waals surface area (Å²) in [5, 5.41) is 7.62. The van der Waals surface area contributed by atoms with Gasteiger partial charge in [0.05, 0.1) is 22.9 Å². The minimum atomic E-state index is -0.311. The molecule has 2 heterocycles. The Labute approximate surface area is 153 Å². The molecule has 3 rings (SSSR count). The van der Waals surface area contributed by atoms with Gasteiger partial charge in [-0.05, 0) is 36.4 Å². The van der Waals surface area contributed by atoms with Crippen LogP contribution >= 0.6 is 23.2 Å². The molecule has 0 radical (unpaired) electrons. The first-order valence-corrected chi connectivity index (χ1v) is 8.15. The van der Waals surface area contributed by atoms with Crippen molar-refractivity contribution in [3.63, 3.8) is 0 Å². The van der Waals surface area contributed by atoms with Crippen LogP contribution in [0.15, 0.2) is 57.9 Å². The fourth-order valence-electron chi connectivity index (χ4n) is 2.18. The molecule has 25 heavy (non-hydrogen) atoms. The summed E-state index contributed by atoms with van der Waals surface area (Å²) in [6, 6.07) is 11.1. The molecule has 0 bridgehead atoms. The van der Waals surface area contributed by atoms with Crippen LogP contribution in [0.4, 0.5) is 0 Å². The van der Waals surface area contributed by atoms with Gasteiger partial charge in [0, 0.05) is 18.2 Å². The predicted octanol–water partition coefficient (Wildman–Crippen LogP) is 3.24. The van der Waals surface area contributed by atoms with Crippen molar-refractivity contribution in [1.82, 2.24) is 15.1 Å². The summed E-state index contributed by atoms with van der Waals surface area (Å²) in [7, 11) is 0. The second kappa shape index (κ2) is 7.55. The number of hydrogen-bond acceptors (Lipinski definition) is 4. The molecule has 128 valence electrons. The average molecular weight is 378 g/mol. The van der Waals surface area contributed by atoms with Crippen LogP contribution in [0.3, 0.4) is 0 Å². The molecule has 0 fully saturated rings. The van der Waals surface area contributed by atoms with Crippen molar-refractivity contribution in [2.24, 2.45) is 0 Å². The molecular formula is C17H13Cl2N3O3. The zero-order valence-corrected chi connectivity index (χ0v) is 14.4. The number of carbonyl (C=O) groups excluding carboxylic acids is 1. The van der Waals surface area contributed by atoms with Gasteiger partial charge in [-0.15, -0.1) is 0 Å². The van der Waals surface area contributed by atoms with Crippen molar-refractivity contribution in [1.29, 1.82) is 0 Å². The van der Waals surface area contributed by atoms with Crippen LogP contribution < -0.4 is 10.9 Å². The lowest BCUT2D eigenvalue weighted by Crippen LogP contribution is -2.31. The molecule has 0 aliphatic heterocycles. The van der Waals surface area contributed by atoms with Crippen LogP contribution in [0.2, 0.25) is 10.0 Å². The first-order chi connectivity index (χ1) is 12.0. The summed E-state index contributed by atoms with van der Waals surface area (Å²) in [5.74, 6) is 0.252. The van der Waals surface area contributed by atoms with Gasteiger partial charge >= 0.3 is 0 Å². The second-order valence-electron chi connectivity index (χ2n) is 5.14. The van der Waals surface area contributed by atoms with Gasteiger partial charge < -0.3 is 9.73 Å². The Hall–Kier alpha value is -2.57. The zero-order valence-electron chi connectivity index (χ0n) is 12.9. The van der Waals surface area contributed by atoms with E-state index in [2.05, 4.69) is 10.4 Å². The number of nitrogens with zero attached hydrogens (tertiary/aromatic N) is 2. The van der Waals surface area contributed by atoms with Gasteiger partial charge in [0.2, 0.25) is 0 Å². The second-order valence-corrected chi connectivity index (χ2v) is 5.96. The number of carbonyl (C=O) groups is 1. The molecule has 1 N–H and O–H groups in total. The Morgan fingerprint density at radius 2 is 2.00 bits per heavy atom. The number of halogens is 2. The van der Waals surface area contributed by atoms with E-state index in [1.807, 2.05) is 0 Å². The molecule has 3 aromatic rings. The molecule has 0 saturated heterocycles. The molecule has 0 spiro atoms. The van der Waals surface area contributed by atoms with E-state index < -0.39 is 0 Å². The smallest absolute Gasteiger partial charge is 0.266 e. The van der Waals surface area contributed by atoms with Crippen LogP contribution in [0.5, 0.6) is 0 Å². The molecule has 0 saturated carbocycles. The van der Waals surface area contributed by atoms with Crippen molar-refractivity contribution in [2.45, 2.75) is 6.54 Å². The molecule has 0 atom stereocenters. The lowest BCUT2D eigenvalue weighted by Gasteiger charge is -2.08. The summed E-state index contributed by atoms with van der Waals surface area (Å²) in [4.78, 5) is 24.0. The lowest BCUT2D eigenvalue weighted by atomic mass is 10.2. The molecule has 0 unspecified atom stereocenters. The summed E-state index contributed by atoms with van der Waals surface area (Å²) in [6.45, 7) is 0.452. The molecule has 1 aromatic carbocycles. The zero-order chi connectivity index (χ0) is 17.8. The van der Waals surface area contributed by atoms with Gasteiger partial charge in [0.1, 0.15) is 5.69 Å². The number of furan rings is 1. The first-order valence-electron chi connectivity index (χ1n) is 7.40. The van der Waals surface area contributed by atoms with E-state index in [-0.39, 0.29) is 24.6 Å². The minimum Gasteiger partial charge on any atom is -0.463 e. The molecule has 8 heteroatoms. The number of hydrogen-bond donors (Lipinski definition) is 1. The van der Waals surface area contributed by atoms with Crippen LogP contribution in [-0.4, -0.2) is 22.2 Å². The lowest BCUT2D eigenvalue weighted by molar-refractivity contribution is 0.0951. The Kier molecular flexibility index (Phi) is 5.21. The Balaban J connectivity index is 1.65. The maximum atomic E-state index is 12.1. The van der Waals surface area contributed by atoms with E-state index >= 15 is 0 Å². The predicted molar refractivity (Wildman–Crippen MR) is 95.0 cm³/mol. The van der Waals surface area contributed by atoms with Crippen LogP contribution in [0.25, 0.3) is 11.5 Å². The fourth-order valence-corrected chi connectivity index (χ4v) is 2.48. The quantitative estimate of drug-likeness (QED) is 0.740. The highest BCUT2D eigenvalue weighted by atomic mass is 35.5. The number of amides is 1. The van der Waals surface area contributed by atoms with E-state index in [0.29, 0.717) is 27.1 Å². The minimum absolute atomic E-state index is 0.223. The topological polar surface area (TPSA) is 77.1 Å². The standard InChI is InChI=1S/C17H13Cl2N3O3/c18-12-4-3-11(10-13(12)19)17(24)20-7-8-22-16(23)6-5-14(21-22)15-2-1-9-25-15/h1-6,9-10H,7-8H2,(H,20,24). The van der Waals surface area contributed by atoms with Crippen molar-refractivity contribution in [2.75, 3.05) is 6.54 Å². The Bertz CT molecular complexity index is 952. The van der Waals surface area contributed by atoms with Crippen LogP contribution in [-0.2, 0) is 6.54 Å². The molecular weight excluding hydrogens is 365 g/mol. The highest BCUT2D eigenvalue weighted by Crippen LogP contribution is 2.22. The number of nitrogens with one attached hydrogen (secondary N) is 1. The third-order valence-corrected chi connectivity index (χ3v) is 4.17. The highest BCUT2D eigenvalue weighted by molar-refractivity contribution is 6.42. The monoisotopic (exact) mass is 377 g/mol. The number of aromatic nitrogens is 2. The number of benzene rings is 1. The molecule has 2 aromatic heterocycles. The third kappa shape index (κ3) is 4.10.